The molecule has 0 aromatic heterocycles. The van der Waals surface area contributed by atoms with E-state index in [1.54, 1.807) is 31.2 Å². The van der Waals surface area contributed by atoms with Crippen LogP contribution in [0.25, 0.3) is 0 Å². The van der Waals surface area contributed by atoms with Gasteiger partial charge in [-0.3, -0.25) is 9.69 Å². The molecule has 1 amide bonds. The molecule has 3 aromatic carbocycles. The Balaban J connectivity index is 1.46. The number of amides is 1. The molecule has 5 nitrogen and oxygen atoms in total. The summed E-state index contributed by atoms with van der Waals surface area (Å²) in [6, 6.07) is 19.2. The second kappa shape index (κ2) is 10.9. The fourth-order valence-corrected chi connectivity index (χ4v) is 5.62. The Kier molecular flexibility index (Phi) is 7.91. The van der Waals surface area contributed by atoms with Crippen LogP contribution in [-0.4, -0.2) is 31.5 Å². The van der Waals surface area contributed by atoms with E-state index in [2.05, 4.69) is 30.1 Å². The molecule has 1 atom stereocenters. The number of carbonyl (C=O) groups excluding carboxylic acids is 1. The maximum atomic E-state index is 13.3. The highest BCUT2D eigenvalue weighted by Gasteiger charge is 2.28. The van der Waals surface area contributed by atoms with Crippen molar-refractivity contribution in [3.63, 3.8) is 0 Å². The summed E-state index contributed by atoms with van der Waals surface area (Å²) in [5.74, 6) is 0.448. The van der Waals surface area contributed by atoms with Gasteiger partial charge in [0.15, 0.2) is 9.84 Å². The first-order valence-corrected chi connectivity index (χ1v) is 14.0. The van der Waals surface area contributed by atoms with Crippen molar-refractivity contribution in [3.8, 4) is 0 Å². The van der Waals surface area contributed by atoms with Crippen molar-refractivity contribution in [2.75, 3.05) is 12.3 Å². The number of fused-ring (bicyclic) bond motifs is 1. The second-order valence-corrected chi connectivity index (χ2v) is 12.1. The first-order chi connectivity index (χ1) is 17.2. The maximum Gasteiger partial charge on any atom is 0.251 e. The van der Waals surface area contributed by atoms with Crippen LogP contribution in [-0.2, 0) is 29.5 Å². The van der Waals surface area contributed by atoms with E-state index >= 15 is 0 Å². The van der Waals surface area contributed by atoms with Crippen molar-refractivity contribution >= 4 is 15.7 Å². The average Bonchev–Trinajstić information content (AvgIpc) is 2.88. The zero-order valence-electron chi connectivity index (χ0n) is 21.0. The van der Waals surface area contributed by atoms with Crippen LogP contribution in [0.4, 0.5) is 4.39 Å². The zero-order chi connectivity index (χ0) is 25.9. The van der Waals surface area contributed by atoms with Crippen LogP contribution in [0.3, 0.4) is 0 Å². The molecule has 190 valence electrons. The molecule has 0 radical (unpaired) electrons. The molecule has 36 heavy (non-hydrogen) atoms. The Bertz CT molecular complexity index is 1320. The number of hydrogen-bond acceptors (Lipinski definition) is 4. The first kappa shape index (κ1) is 26.0. The van der Waals surface area contributed by atoms with Crippen LogP contribution in [0.15, 0.2) is 71.6 Å². The molecular formula is C29H33FN2O3S. The molecular weight excluding hydrogens is 475 g/mol. The van der Waals surface area contributed by atoms with Gasteiger partial charge in [0.2, 0.25) is 0 Å². The molecule has 4 rings (SSSR count). The lowest BCUT2D eigenvalue weighted by Crippen LogP contribution is -2.35. The SMILES string of the molecule is CCS(=O)(=O)c1ccc(CNC(=O)c2ccc3c(c2)CN(Cc2ccc(F)cc2)C[C@H]3C(C)C)cc1. The van der Waals surface area contributed by atoms with E-state index in [0.717, 1.165) is 36.3 Å². The summed E-state index contributed by atoms with van der Waals surface area (Å²) >= 11 is 0. The smallest absolute Gasteiger partial charge is 0.251 e. The van der Waals surface area contributed by atoms with Crippen LogP contribution in [0, 0.1) is 11.7 Å². The molecule has 0 spiro atoms. The van der Waals surface area contributed by atoms with Crippen LogP contribution in [0.5, 0.6) is 0 Å². The third-order valence-electron chi connectivity index (χ3n) is 6.89. The van der Waals surface area contributed by atoms with E-state index in [0.29, 0.717) is 28.8 Å². The Labute approximate surface area is 213 Å². The second-order valence-electron chi connectivity index (χ2n) is 9.79. The van der Waals surface area contributed by atoms with Gasteiger partial charge in [-0.2, -0.15) is 0 Å². The monoisotopic (exact) mass is 508 g/mol. The van der Waals surface area contributed by atoms with E-state index < -0.39 is 9.84 Å². The van der Waals surface area contributed by atoms with Crippen LogP contribution < -0.4 is 5.32 Å². The summed E-state index contributed by atoms with van der Waals surface area (Å²) in [7, 11) is -3.24. The Morgan fingerprint density at radius 3 is 2.33 bits per heavy atom. The largest absolute Gasteiger partial charge is 0.348 e. The standard InChI is InChI=1S/C29H33FN2O3S/c1-4-36(34,35)26-12-7-21(8-13-26)16-31-29(33)23-9-14-27-24(15-23)18-32(19-28(27)20(2)3)17-22-5-10-25(30)11-6-22/h5-15,20,28H,4,16-19H2,1-3H3,(H,31,33)/t28-/m0/s1. The summed E-state index contributed by atoms with van der Waals surface area (Å²) in [6.07, 6.45) is 0. The summed E-state index contributed by atoms with van der Waals surface area (Å²) in [6.45, 7) is 8.73. The predicted molar refractivity (Wildman–Crippen MR) is 140 cm³/mol. The number of halogens is 1. The molecule has 0 unspecified atom stereocenters. The van der Waals surface area contributed by atoms with Gasteiger partial charge >= 0.3 is 0 Å². The molecule has 0 bridgehead atoms. The number of nitrogens with zero attached hydrogens (tertiary/aromatic N) is 1. The number of rotatable bonds is 8. The molecule has 1 aliphatic heterocycles. The van der Waals surface area contributed by atoms with Gasteiger partial charge in [0.1, 0.15) is 5.82 Å². The molecule has 0 aliphatic carbocycles. The zero-order valence-corrected chi connectivity index (χ0v) is 21.8. The topological polar surface area (TPSA) is 66.5 Å². The molecule has 1 heterocycles. The minimum absolute atomic E-state index is 0.0560. The van der Waals surface area contributed by atoms with E-state index in [1.807, 2.05) is 24.3 Å². The molecule has 7 heteroatoms. The lowest BCUT2D eigenvalue weighted by atomic mass is 9.81. The third kappa shape index (κ3) is 6.02. The van der Waals surface area contributed by atoms with Crippen molar-refractivity contribution < 1.29 is 17.6 Å². The quantitative estimate of drug-likeness (QED) is 0.448. The normalized spacial score (nSPS) is 16.1. The van der Waals surface area contributed by atoms with Crippen LogP contribution in [0.1, 0.15) is 59.3 Å². The third-order valence-corrected chi connectivity index (χ3v) is 8.64. The van der Waals surface area contributed by atoms with Gasteiger partial charge in [-0.15, -0.1) is 0 Å². The highest BCUT2D eigenvalue weighted by atomic mass is 32.2. The highest BCUT2D eigenvalue weighted by molar-refractivity contribution is 7.91. The Morgan fingerprint density at radius 1 is 1.03 bits per heavy atom. The van der Waals surface area contributed by atoms with Crippen molar-refractivity contribution in [3.05, 3.63) is 100 Å². The van der Waals surface area contributed by atoms with Gasteiger partial charge in [0.05, 0.1) is 10.6 Å². The van der Waals surface area contributed by atoms with Crippen molar-refractivity contribution in [1.82, 2.24) is 10.2 Å². The van der Waals surface area contributed by atoms with Crippen molar-refractivity contribution in [2.45, 2.75) is 51.2 Å². The van der Waals surface area contributed by atoms with E-state index in [-0.39, 0.29) is 17.5 Å². The molecule has 1 N–H and O–H groups in total. The number of nitrogens with one attached hydrogen (secondary N) is 1. The first-order valence-electron chi connectivity index (χ1n) is 12.4. The lowest BCUT2D eigenvalue weighted by Gasteiger charge is -2.37. The Morgan fingerprint density at radius 2 is 1.69 bits per heavy atom. The molecule has 0 saturated heterocycles. The van der Waals surface area contributed by atoms with E-state index in [4.69, 9.17) is 0 Å². The van der Waals surface area contributed by atoms with Crippen molar-refractivity contribution in [2.24, 2.45) is 5.92 Å². The predicted octanol–water partition coefficient (Wildman–Crippen LogP) is 5.30. The Hall–Kier alpha value is -3.03. The molecule has 3 aromatic rings. The van der Waals surface area contributed by atoms with Crippen molar-refractivity contribution in [1.29, 1.82) is 0 Å². The number of sulfone groups is 1. The fraction of sp³-hybridized carbons (Fsp3) is 0.345. The molecule has 0 saturated carbocycles. The van der Waals surface area contributed by atoms with Gasteiger partial charge in [-0.05, 0) is 70.5 Å². The summed E-state index contributed by atoms with van der Waals surface area (Å²) in [4.78, 5) is 15.6. The van der Waals surface area contributed by atoms with Crippen LogP contribution >= 0.6 is 0 Å². The summed E-state index contributed by atoms with van der Waals surface area (Å²) < 4.78 is 37.3. The molecule has 0 fully saturated rings. The number of carbonyl (C=O) groups is 1. The average molecular weight is 509 g/mol. The highest BCUT2D eigenvalue weighted by Crippen LogP contribution is 2.34. The van der Waals surface area contributed by atoms with Gasteiger partial charge < -0.3 is 5.32 Å². The van der Waals surface area contributed by atoms with E-state index in [9.17, 15) is 17.6 Å². The summed E-state index contributed by atoms with van der Waals surface area (Å²) in [5.41, 5.74) is 4.93. The minimum Gasteiger partial charge on any atom is -0.348 e. The number of benzene rings is 3. The minimum atomic E-state index is -3.24. The van der Waals surface area contributed by atoms with Gasteiger partial charge in [0.25, 0.3) is 5.91 Å². The molecule has 1 aliphatic rings. The summed E-state index contributed by atoms with van der Waals surface area (Å²) in [5, 5.41) is 2.95. The van der Waals surface area contributed by atoms with E-state index in [1.165, 1.54) is 17.7 Å². The number of hydrogen-bond donors (Lipinski definition) is 1. The fourth-order valence-electron chi connectivity index (χ4n) is 4.73. The maximum absolute atomic E-state index is 13.3. The lowest BCUT2D eigenvalue weighted by molar-refractivity contribution is 0.0950. The van der Waals surface area contributed by atoms with Gasteiger partial charge in [0, 0.05) is 31.7 Å². The van der Waals surface area contributed by atoms with Gasteiger partial charge in [-0.1, -0.05) is 51.1 Å². The van der Waals surface area contributed by atoms with Crippen LogP contribution in [0.2, 0.25) is 0 Å². The van der Waals surface area contributed by atoms with Gasteiger partial charge in [-0.25, -0.2) is 12.8 Å².